The van der Waals surface area contributed by atoms with E-state index in [-0.39, 0.29) is 18.4 Å². The van der Waals surface area contributed by atoms with Crippen LogP contribution in [0.25, 0.3) is 17.2 Å². The molecule has 0 saturated heterocycles. The number of carboxylic acids is 1. The van der Waals surface area contributed by atoms with Gasteiger partial charge < -0.3 is 19.9 Å². The number of nitrogens with one attached hydrogen (secondary N) is 1. The number of hydrogen-bond acceptors (Lipinski definition) is 4. The largest absolute Gasteiger partial charge is 0.494 e. The number of urea groups is 1. The van der Waals surface area contributed by atoms with Crippen LogP contribution in [-0.4, -0.2) is 37.4 Å². The van der Waals surface area contributed by atoms with E-state index in [1.165, 1.54) is 6.08 Å². The van der Waals surface area contributed by atoms with Crippen LogP contribution in [0.2, 0.25) is 0 Å². The van der Waals surface area contributed by atoms with Gasteiger partial charge in [-0.1, -0.05) is 49.7 Å². The Morgan fingerprint density at radius 2 is 1.69 bits per heavy atom. The number of unbranched alkanes of at least 4 members (excludes halogenated alkanes) is 1. The molecule has 7 nitrogen and oxygen atoms in total. The van der Waals surface area contributed by atoms with Gasteiger partial charge in [-0.2, -0.15) is 0 Å². The zero-order valence-electron chi connectivity index (χ0n) is 20.9. The van der Waals surface area contributed by atoms with Crippen LogP contribution in [0.5, 0.6) is 5.75 Å². The molecule has 2 N–H and O–H groups in total. The standard InChI is InChI=1S/C29H32N2O5/c1-4-6-18-36-26-16-14-24(15-17-26)30-29(34)31(3)25-9-7-8-23(20-25)22-12-10-21(11-13-22)19-27(28(32)33)35-5-2/h7-17,19-20H,4-6,18H2,1-3H3,(H,30,34)(H,32,33). The van der Waals surface area contributed by atoms with Crippen LogP contribution in [-0.2, 0) is 9.53 Å². The van der Waals surface area contributed by atoms with Crippen LogP contribution in [0, 0.1) is 0 Å². The van der Waals surface area contributed by atoms with Crippen molar-refractivity contribution in [3.63, 3.8) is 0 Å². The Labute approximate surface area is 212 Å². The molecule has 0 unspecified atom stereocenters. The number of amides is 2. The normalized spacial score (nSPS) is 11.0. The molecule has 0 radical (unpaired) electrons. The third-order valence-electron chi connectivity index (χ3n) is 5.46. The summed E-state index contributed by atoms with van der Waals surface area (Å²) in [5, 5.41) is 12.1. The molecule has 0 atom stereocenters. The van der Waals surface area contributed by atoms with Gasteiger partial charge in [0.05, 0.1) is 13.2 Å². The SMILES string of the molecule is CCCCOc1ccc(NC(=O)N(C)c2cccc(-c3ccc(C=C(OCC)C(=O)O)cc3)c2)cc1. The number of carbonyl (C=O) groups is 2. The van der Waals surface area contributed by atoms with Crippen molar-refractivity contribution >= 4 is 29.5 Å². The van der Waals surface area contributed by atoms with Crippen molar-refractivity contribution in [2.24, 2.45) is 0 Å². The molecule has 0 aromatic heterocycles. The van der Waals surface area contributed by atoms with E-state index >= 15 is 0 Å². The van der Waals surface area contributed by atoms with Crippen molar-refractivity contribution in [1.29, 1.82) is 0 Å². The molecule has 36 heavy (non-hydrogen) atoms. The Morgan fingerprint density at radius 3 is 2.33 bits per heavy atom. The van der Waals surface area contributed by atoms with E-state index in [1.807, 2.05) is 72.8 Å². The second-order valence-corrected chi connectivity index (χ2v) is 8.13. The molecule has 3 aromatic rings. The van der Waals surface area contributed by atoms with Crippen LogP contribution < -0.4 is 15.0 Å². The summed E-state index contributed by atoms with van der Waals surface area (Å²) < 4.78 is 10.8. The highest BCUT2D eigenvalue weighted by atomic mass is 16.5. The minimum absolute atomic E-state index is 0.0986. The summed E-state index contributed by atoms with van der Waals surface area (Å²) in [6, 6.07) is 22.2. The maximum Gasteiger partial charge on any atom is 0.371 e. The highest BCUT2D eigenvalue weighted by Gasteiger charge is 2.13. The third kappa shape index (κ3) is 7.37. The van der Waals surface area contributed by atoms with Crippen LogP contribution >= 0.6 is 0 Å². The molecule has 0 fully saturated rings. The van der Waals surface area contributed by atoms with E-state index in [1.54, 1.807) is 18.9 Å². The number of ether oxygens (including phenoxy) is 2. The molecule has 0 saturated carbocycles. The van der Waals surface area contributed by atoms with Crippen LogP contribution in [0.15, 0.2) is 78.6 Å². The molecule has 3 aromatic carbocycles. The smallest absolute Gasteiger partial charge is 0.371 e. The molecule has 3 rings (SSSR count). The number of rotatable bonds is 11. The van der Waals surface area contributed by atoms with E-state index in [9.17, 15) is 14.7 Å². The second kappa shape index (κ2) is 13.0. The highest BCUT2D eigenvalue weighted by molar-refractivity contribution is 6.01. The van der Waals surface area contributed by atoms with Crippen molar-refractivity contribution < 1.29 is 24.2 Å². The van der Waals surface area contributed by atoms with Crippen molar-refractivity contribution in [2.75, 3.05) is 30.5 Å². The summed E-state index contributed by atoms with van der Waals surface area (Å²) >= 11 is 0. The lowest BCUT2D eigenvalue weighted by molar-refractivity contribution is -0.136. The van der Waals surface area contributed by atoms with E-state index < -0.39 is 5.97 Å². The summed E-state index contributed by atoms with van der Waals surface area (Å²) in [7, 11) is 1.71. The van der Waals surface area contributed by atoms with Gasteiger partial charge >= 0.3 is 12.0 Å². The van der Waals surface area contributed by atoms with Gasteiger partial charge in [-0.3, -0.25) is 4.90 Å². The van der Waals surface area contributed by atoms with Gasteiger partial charge in [-0.05, 0) is 72.5 Å². The van der Waals surface area contributed by atoms with E-state index in [0.717, 1.165) is 41.0 Å². The maximum absolute atomic E-state index is 12.8. The average molecular weight is 489 g/mol. The molecule has 0 bridgehead atoms. The lowest BCUT2D eigenvalue weighted by Crippen LogP contribution is -2.31. The first-order chi connectivity index (χ1) is 17.4. The first kappa shape index (κ1) is 26.3. The maximum atomic E-state index is 12.8. The average Bonchev–Trinajstić information content (AvgIpc) is 2.89. The lowest BCUT2D eigenvalue weighted by atomic mass is 10.0. The molecule has 7 heteroatoms. The third-order valence-corrected chi connectivity index (χ3v) is 5.46. The van der Waals surface area contributed by atoms with E-state index in [0.29, 0.717) is 12.3 Å². The molecule has 0 aliphatic carbocycles. The predicted molar refractivity (Wildman–Crippen MR) is 143 cm³/mol. The predicted octanol–water partition coefficient (Wildman–Crippen LogP) is 6.66. The number of anilines is 2. The minimum atomic E-state index is -1.11. The fraction of sp³-hybridized carbons (Fsp3) is 0.241. The topological polar surface area (TPSA) is 88.1 Å². The number of carbonyl (C=O) groups excluding carboxylic acids is 1. The number of benzene rings is 3. The Kier molecular flexibility index (Phi) is 9.51. The number of nitrogens with zero attached hydrogens (tertiary/aromatic N) is 1. The zero-order valence-corrected chi connectivity index (χ0v) is 20.9. The van der Waals surface area contributed by atoms with Crippen LogP contribution in [0.3, 0.4) is 0 Å². The first-order valence-electron chi connectivity index (χ1n) is 12.0. The number of hydrogen-bond donors (Lipinski definition) is 2. The molecule has 0 aliphatic heterocycles. The van der Waals surface area contributed by atoms with E-state index in [2.05, 4.69) is 12.2 Å². The van der Waals surface area contributed by atoms with Gasteiger partial charge in [0.15, 0.2) is 0 Å². The van der Waals surface area contributed by atoms with Crippen LogP contribution in [0.1, 0.15) is 32.3 Å². The molecule has 0 aliphatic rings. The molecule has 0 spiro atoms. The zero-order chi connectivity index (χ0) is 25.9. The monoisotopic (exact) mass is 488 g/mol. The summed E-state index contributed by atoms with van der Waals surface area (Å²) in [5.74, 6) is -0.425. The van der Waals surface area contributed by atoms with Crippen molar-refractivity contribution in [3.8, 4) is 16.9 Å². The number of carboxylic acid groups (broad SMARTS) is 1. The summed E-state index contributed by atoms with van der Waals surface area (Å²) in [4.78, 5) is 25.7. The first-order valence-corrected chi connectivity index (χ1v) is 12.0. The molecular weight excluding hydrogens is 456 g/mol. The minimum Gasteiger partial charge on any atom is -0.494 e. The highest BCUT2D eigenvalue weighted by Crippen LogP contribution is 2.26. The van der Waals surface area contributed by atoms with Crippen molar-refractivity contribution in [1.82, 2.24) is 0 Å². The fourth-order valence-corrected chi connectivity index (χ4v) is 3.43. The van der Waals surface area contributed by atoms with Crippen molar-refractivity contribution in [2.45, 2.75) is 26.7 Å². The summed E-state index contributed by atoms with van der Waals surface area (Å²) in [6.45, 7) is 4.82. The van der Waals surface area contributed by atoms with Crippen molar-refractivity contribution in [3.05, 3.63) is 84.1 Å². The van der Waals surface area contributed by atoms with E-state index in [4.69, 9.17) is 9.47 Å². The van der Waals surface area contributed by atoms with Gasteiger partial charge in [-0.25, -0.2) is 9.59 Å². The Morgan fingerprint density at radius 1 is 0.972 bits per heavy atom. The van der Waals surface area contributed by atoms with Gasteiger partial charge in [0, 0.05) is 18.4 Å². The Bertz CT molecular complexity index is 1190. The molecular formula is C29H32N2O5. The van der Waals surface area contributed by atoms with Crippen LogP contribution in [0.4, 0.5) is 16.2 Å². The van der Waals surface area contributed by atoms with Gasteiger partial charge in [0.25, 0.3) is 0 Å². The summed E-state index contributed by atoms with van der Waals surface area (Å²) in [5.41, 5.74) is 4.01. The molecule has 2 amide bonds. The molecule has 188 valence electrons. The lowest BCUT2D eigenvalue weighted by Gasteiger charge is -2.19. The molecule has 0 heterocycles. The van der Waals surface area contributed by atoms with Gasteiger partial charge in [0.1, 0.15) is 5.75 Å². The second-order valence-electron chi connectivity index (χ2n) is 8.13. The van der Waals surface area contributed by atoms with Gasteiger partial charge in [0.2, 0.25) is 5.76 Å². The number of aliphatic carboxylic acids is 1. The van der Waals surface area contributed by atoms with Gasteiger partial charge in [-0.15, -0.1) is 0 Å². The summed E-state index contributed by atoms with van der Waals surface area (Å²) in [6.07, 6.45) is 3.57. The Hall–Kier alpha value is -4.26. The Balaban J connectivity index is 1.68. The quantitative estimate of drug-likeness (QED) is 0.179. The fourth-order valence-electron chi connectivity index (χ4n) is 3.43.